The molecule has 0 radical (unpaired) electrons. The molecule has 2 aliphatic rings. The van der Waals surface area contributed by atoms with Crippen molar-refractivity contribution in [2.24, 2.45) is 11.3 Å². The molecule has 2 atom stereocenters. The van der Waals surface area contributed by atoms with Crippen molar-refractivity contribution >= 4 is 29.1 Å². The largest absolute Gasteiger partial charge is 0.468 e. The zero-order chi connectivity index (χ0) is 20.1. The molecule has 28 heavy (non-hydrogen) atoms. The molecule has 3 rings (SSSR count). The first-order chi connectivity index (χ1) is 13.5. The van der Waals surface area contributed by atoms with Crippen molar-refractivity contribution in [3.8, 4) is 0 Å². The zero-order valence-corrected chi connectivity index (χ0v) is 16.9. The minimum absolute atomic E-state index is 0.0374. The Kier molecular flexibility index (Phi) is 6.34. The second-order valence-electron chi connectivity index (χ2n) is 7.15. The summed E-state index contributed by atoms with van der Waals surface area (Å²) in [5, 5.41) is 4.82. The van der Waals surface area contributed by atoms with Gasteiger partial charge in [-0.2, -0.15) is 0 Å². The van der Waals surface area contributed by atoms with Gasteiger partial charge in [0.05, 0.1) is 19.6 Å². The number of carbonyl (C=O) groups is 3. The van der Waals surface area contributed by atoms with Gasteiger partial charge < -0.3 is 15.0 Å². The summed E-state index contributed by atoms with van der Waals surface area (Å²) < 4.78 is 5.14. The van der Waals surface area contributed by atoms with Gasteiger partial charge in [0.2, 0.25) is 11.8 Å². The third kappa shape index (κ3) is 3.63. The molecule has 0 saturated carbocycles. The van der Waals surface area contributed by atoms with Crippen LogP contribution in [-0.4, -0.2) is 36.3 Å². The summed E-state index contributed by atoms with van der Waals surface area (Å²) in [6, 6.07) is 3.87. The SMILES string of the molecule is C=CCN1C(=O)[C@@H](CC(=O)NCc2cccs2)[C@]2(C(=O)OC)CCCCC=C12. The molecule has 0 spiro atoms. The van der Waals surface area contributed by atoms with Crippen LogP contribution in [0.4, 0.5) is 0 Å². The van der Waals surface area contributed by atoms with Crippen LogP contribution in [0.2, 0.25) is 0 Å². The third-order valence-corrected chi connectivity index (χ3v) is 6.44. The monoisotopic (exact) mass is 402 g/mol. The summed E-state index contributed by atoms with van der Waals surface area (Å²) in [5.41, 5.74) is -0.413. The van der Waals surface area contributed by atoms with E-state index in [9.17, 15) is 14.4 Å². The van der Waals surface area contributed by atoms with Crippen LogP contribution in [0.5, 0.6) is 0 Å². The first kappa shape index (κ1) is 20.3. The van der Waals surface area contributed by atoms with Crippen molar-refractivity contribution in [3.05, 3.63) is 46.8 Å². The second-order valence-corrected chi connectivity index (χ2v) is 8.18. The number of hydrogen-bond donors (Lipinski definition) is 1. The highest BCUT2D eigenvalue weighted by Gasteiger charge is 2.61. The quantitative estimate of drug-likeness (QED) is 0.562. The Labute approximate surface area is 169 Å². The van der Waals surface area contributed by atoms with Crippen LogP contribution in [-0.2, 0) is 25.7 Å². The maximum atomic E-state index is 13.2. The van der Waals surface area contributed by atoms with Crippen molar-refractivity contribution in [1.29, 1.82) is 0 Å². The third-order valence-electron chi connectivity index (χ3n) is 5.56. The van der Waals surface area contributed by atoms with Crippen LogP contribution < -0.4 is 5.32 Å². The van der Waals surface area contributed by atoms with Gasteiger partial charge >= 0.3 is 5.97 Å². The molecular formula is C21H26N2O4S. The molecule has 150 valence electrons. The maximum Gasteiger partial charge on any atom is 0.318 e. The minimum atomic E-state index is -1.09. The van der Waals surface area contributed by atoms with Crippen LogP contribution >= 0.6 is 11.3 Å². The molecule has 2 heterocycles. The smallest absolute Gasteiger partial charge is 0.318 e. The number of hydrogen-bond acceptors (Lipinski definition) is 5. The van der Waals surface area contributed by atoms with E-state index in [1.54, 1.807) is 22.3 Å². The fraction of sp³-hybridized carbons (Fsp3) is 0.476. The van der Waals surface area contributed by atoms with Crippen LogP contribution in [0.1, 0.15) is 37.0 Å². The van der Waals surface area contributed by atoms with Gasteiger partial charge in [0.25, 0.3) is 0 Å². The van der Waals surface area contributed by atoms with Gasteiger partial charge in [-0.25, -0.2) is 0 Å². The van der Waals surface area contributed by atoms with Crippen molar-refractivity contribution in [2.45, 2.75) is 38.6 Å². The molecule has 0 aromatic carbocycles. The molecule has 2 amide bonds. The lowest BCUT2D eigenvalue weighted by molar-refractivity contribution is -0.155. The zero-order valence-electron chi connectivity index (χ0n) is 16.1. The van der Waals surface area contributed by atoms with E-state index in [0.29, 0.717) is 25.2 Å². The van der Waals surface area contributed by atoms with Crippen molar-refractivity contribution in [1.82, 2.24) is 10.2 Å². The Bertz CT molecular complexity index is 786. The van der Waals surface area contributed by atoms with E-state index in [0.717, 1.165) is 24.1 Å². The van der Waals surface area contributed by atoms with Gasteiger partial charge in [-0.15, -0.1) is 17.9 Å². The normalized spacial score (nSPS) is 24.2. The number of fused-ring (bicyclic) bond motifs is 1. The Hall–Kier alpha value is -2.41. The highest BCUT2D eigenvalue weighted by molar-refractivity contribution is 7.09. The standard InChI is InChI=1S/C21H26N2O4S/c1-3-11-23-17-9-5-4-6-10-21(17,20(26)27-2)16(19(23)25)13-18(24)22-14-15-8-7-12-28-15/h3,7-9,12,16H,1,4-6,10-11,13-14H2,2H3,(H,22,24)/t16-,21-/m1/s1. The van der Waals surface area contributed by atoms with E-state index in [2.05, 4.69) is 11.9 Å². The number of nitrogens with one attached hydrogen (secondary N) is 1. The summed E-state index contributed by atoms with van der Waals surface area (Å²) in [6.07, 6.45) is 6.62. The summed E-state index contributed by atoms with van der Waals surface area (Å²) in [7, 11) is 1.34. The van der Waals surface area contributed by atoms with Crippen LogP contribution in [0.3, 0.4) is 0 Å². The Morgan fingerprint density at radius 1 is 1.46 bits per heavy atom. The second kappa shape index (κ2) is 8.73. The molecule has 1 saturated heterocycles. The lowest BCUT2D eigenvalue weighted by Crippen LogP contribution is -2.41. The van der Waals surface area contributed by atoms with E-state index in [-0.39, 0.29) is 18.2 Å². The van der Waals surface area contributed by atoms with E-state index >= 15 is 0 Å². The number of allylic oxidation sites excluding steroid dienone is 1. The molecule has 1 fully saturated rings. The minimum Gasteiger partial charge on any atom is -0.468 e. The average molecular weight is 403 g/mol. The summed E-state index contributed by atoms with van der Waals surface area (Å²) in [5.74, 6) is -1.63. The predicted molar refractivity (Wildman–Crippen MR) is 107 cm³/mol. The predicted octanol–water partition coefficient (Wildman–Crippen LogP) is 3.02. The summed E-state index contributed by atoms with van der Waals surface area (Å²) >= 11 is 1.56. The van der Waals surface area contributed by atoms with E-state index in [1.807, 2.05) is 23.6 Å². The number of ether oxygens (including phenoxy) is 1. The Morgan fingerprint density at radius 2 is 2.29 bits per heavy atom. The summed E-state index contributed by atoms with van der Waals surface area (Å²) in [4.78, 5) is 41.5. The lowest BCUT2D eigenvalue weighted by atomic mass is 9.71. The number of rotatable bonds is 7. The van der Waals surface area contributed by atoms with Gasteiger partial charge in [-0.05, 0) is 30.7 Å². The van der Waals surface area contributed by atoms with Crippen molar-refractivity contribution in [2.75, 3.05) is 13.7 Å². The van der Waals surface area contributed by atoms with E-state index < -0.39 is 17.3 Å². The number of likely N-dealkylation sites (tertiary alicyclic amines) is 1. The van der Waals surface area contributed by atoms with Crippen molar-refractivity contribution < 1.29 is 19.1 Å². The van der Waals surface area contributed by atoms with Crippen molar-refractivity contribution in [3.63, 3.8) is 0 Å². The topological polar surface area (TPSA) is 75.7 Å². The van der Waals surface area contributed by atoms with Gasteiger partial charge in [0.1, 0.15) is 5.41 Å². The number of carbonyl (C=O) groups excluding carboxylic acids is 3. The fourth-order valence-corrected chi connectivity index (χ4v) is 4.93. The van der Waals surface area contributed by atoms with Gasteiger partial charge in [0.15, 0.2) is 0 Å². The highest BCUT2D eigenvalue weighted by Crippen LogP contribution is 2.52. The van der Waals surface area contributed by atoms with Gasteiger partial charge in [-0.3, -0.25) is 14.4 Å². The molecule has 0 bridgehead atoms. The molecule has 1 aromatic heterocycles. The van der Waals surface area contributed by atoms with Crippen LogP contribution in [0.15, 0.2) is 41.9 Å². The lowest BCUT2D eigenvalue weighted by Gasteiger charge is -2.31. The van der Waals surface area contributed by atoms with E-state index in [1.165, 1.54) is 7.11 Å². The molecule has 1 aromatic rings. The number of esters is 1. The fourth-order valence-electron chi connectivity index (χ4n) is 4.28. The Balaban J connectivity index is 1.89. The molecular weight excluding hydrogens is 376 g/mol. The highest BCUT2D eigenvalue weighted by atomic mass is 32.1. The van der Waals surface area contributed by atoms with E-state index in [4.69, 9.17) is 4.74 Å². The molecule has 1 N–H and O–H groups in total. The van der Waals surface area contributed by atoms with Gasteiger partial charge in [-0.1, -0.05) is 24.6 Å². The first-order valence-electron chi connectivity index (χ1n) is 9.55. The molecule has 7 heteroatoms. The number of methoxy groups -OCH3 is 1. The van der Waals surface area contributed by atoms with Gasteiger partial charge in [0, 0.05) is 23.5 Å². The molecule has 0 unspecified atom stereocenters. The number of thiophene rings is 1. The van der Waals surface area contributed by atoms with Crippen LogP contribution in [0, 0.1) is 11.3 Å². The molecule has 6 nitrogen and oxygen atoms in total. The maximum absolute atomic E-state index is 13.2. The molecule has 1 aliphatic carbocycles. The number of nitrogens with zero attached hydrogens (tertiary/aromatic N) is 1. The summed E-state index contributed by atoms with van der Waals surface area (Å²) in [6.45, 7) is 4.47. The van der Waals surface area contributed by atoms with Crippen LogP contribution in [0.25, 0.3) is 0 Å². The first-order valence-corrected chi connectivity index (χ1v) is 10.4. The Morgan fingerprint density at radius 3 is 2.96 bits per heavy atom. The molecule has 1 aliphatic heterocycles. The number of amides is 2. The average Bonchev–Trinajstić information content (AvgIpc) is 3.21.